The first kappa shape index (κ1) is 23.1. The molecule has 7 aromatic rings. The van der Waals surface area contributed by atoms with E-state index >= 15 is 0 Å². The summed E-state index contributed by atoms with van der Waals surface area (Å²) in [6.45, 7) is -5.50. The van der Waals surface area contributed by atoms with Gasteiger partial charge < -0.3 is 9.67 Å². The highest BCUT2D eigenvalue weighted by atomic mass is 35.5. The molecule has 2 unspecified atom stereocenters. The molecule has 8 heteroatoms. The zero-order valence-electron chi connectivity index (χ0n) is 35.1. The number of rotatable bonds is 12. The van der Waals surface area contributed by atoms with E-state index in [0.717, 1.165) is 32.4 Å². The smallest absolute Gasteiger partial charge is 0.205 e. The van der Waals surface area contributed by atoms with E-state index < -0.39 is 43.9 Å². The summed E-state index contributed by atoms with van der Waals surface area (Å²) in [5.41, 5.74) is 4.44. The monoisotopic (exact) mass is 673 g/mol. The van der Waals surface area contributed by atoms with Crippen LogP contribution in [0.15, 0.2) is 140 Å². The highest BCUT2D eigenvalue weighted by molar-refractivity contribution is 6.30. The molecule has 0 saturated carbocycles. The zero-order valence-corrected chi connectivity index (χ0v) is 26.9. The molecular formula is C41H37ClN6O. The van der Waals surface area contributed by atoms with Crippen LogP contribution < -0.4 is 0 Å². The number of imidazole rings is 1. The summed E-state index contributed by atoms with van der Waals surface area (Å²) in [6, 6.07) is 44.8. The maximum atomic E-state index is 10.3. The number of tetrazole rings is 1. The lowest BCUT2D eigenvalue weighted by Crippen LogP contribution is -2.39. The van der Waals surface area contributed by atoms with Crippen molar-refractivity contribution in [3.05, 3.63) is 178 Å². The maximum absolute atomic E-state index is 10.3. The molecule has 7 rings (SSSR count). The minimum Gasteiger partial charge on any atom is -0.390 e. The topological polar surface area (TPSA) is 81.7 Å². The van der Waals surface area contributed by atoms with Crippen LogP contribution in [0.25, 0.3) is 22.5 Å². The van der Waals surface area contributed by atoms with Crippen molar-refractivity contribution < 1.29 is 17.4 Å². The van der Waals surface area contributed by atoms with Crippen molar-refractivity contribution in [1.29, 1.82) is 0 Å². The van der Waals surface area contributed by atoms with E-state index in [1.54, 1.807) is 16.9 Å². The van der Waals surface area contributed by atoms with E-state index in [4.69, 9.17) is 29.0 Å². The zero-order chi connectivity index (χ0) is 41.5. The first-order valence-corrected chi connectivity index (χ1v) is 15.9. The third kappa shape index (κ3) is 6.19. The molecule has 0 aliphatic heterocycles. The van der Waals surface area contributed by atoms with Crippen molar-refractivity contribution in [2.24, 2.45) is 0 Å². The van der Waals surface area contributed by atoms with Crippen LogP contribution >= 0.6 is 11.6 Å². The van der Waals surface area contributed by atoms with E-state index in [9.17, 15) is 5.11 Å². The molecule has 0 spiro atoms. The fourth-order valence-electron chi connectivity index (χ4n) is 6.20. The second kappa shape index (κ2) is 14.4. The Balaban J connectivity index is 1.26. The molecule has 49 heavy (non-hydrogen) atoms. The standard InChI is InChI=1S/C41H37ClN6O/c1-2-3-23-38-43-39(42)37(29-49)47(38)28-30-24-26-31(27-25-30)35-21-13-14-22-36(35)40-44-46-48(45-40)41(32-15-7-4-8-16-32,33-17-9-5-10-18-33)34-19-11-6-12-20-34/h4-22,24-27,49H,2-3,23,28-29H2,1H3/i1D3,2D2,3D2,23D,29D. The van der Waals surface area contributed by atoms with Gasteiger partial charge >= 0.3 is 0 Å². The van der Waals surface area contributed by atoms with Crippen molar-refractivity contribution in [2.75, 3.05) is 0 Å². The van der Waals surface area contributed by atoms with Gasteiger partial charge in [0.2, 0.25) is 5.82 Å². The summed E-state index contributed by atoms with van der Waals surface area (Å²) >= 11 is 6.28. The molecule has 0 aliphatic rings. The van der Waals surface area contributed by atoms with E-state index in [1.165, 1.54) is 0 Å². The van der Waals surface area contributed by atoms with Crippen LogP contribution in [-0.4, -0.2) is 34.9 Å². The number of benzene rings is 5. The quantitative estimate of drug-likeness (QED) is 0.131. The fourth-order valence-corrected chi connectivity index (χ4v) is 6.44. The SMILES string of the molecule is [2H]C(O)c1c(Cl)nc(C([2H])C([2H])([2H])C([2H])([2H])C([2H])([2H])[2H])n1Cc1ccc(-c2ccccc2-c2nnn(C(c3ccccc3)(c3ccccc3)c3ccccc3)n2)cc1. The number of hydrogen-bond acceptors (Lipinski definition) is 5. The molecule has 0 fully saturated rings. The molecule has 0 bridgehead atoms. The number of halogens is 1. The van der Waals surface area contributed by atoms with Crippen molar-refractivity contribution >= 4 is 11.6 Å². The molecule has 244 valence electrons. The van der Waals surface area contributed by atoms with Gasteiger partial charge in [-0.25, -0.2) is 4.98 Å². The Morgan fingerprint density at radius 2 is 1.33 bits per heavy atom. The Morgan fingerprint density at radius 3 is 1.90 bits per heavy atom. The van der Waals surface area contributed by atoms with E-state index in [2.05, 4.69) is 15.3 Å². The molecule has 5 aromatic carbocycles. The first-order valence-electron chi connectivity index (χ1n) is 20.2. The Morgan fingerprint density at radius 1 is 0.755 bits per heavy atom. The molecule has 0 amide bonds. The summed E-state index contributed by atoms with van der Waals surface area (Å²) < 4.78 is 73.6. The van der Waals surface area contributed by atoms with Crippen LogP contribution in [0.4, 0.5) is 0 Å². The fraction of sp³-hybridized carbons (Fsp3) is 0.171. The average molecular weight is 674 g/mol. The van der Waals surface area contributed by atoms with E-state index in [-0.39, 0.29) is 17.4 Å². The van der Waals surface area contributed by atoms with Crippen LogP contribution in [0.2, 0.25) is 5.15 Å². The van der Waals surface area contributed by atoms with Crippen LogP contribution in [0, 0.1) is 0 Å². The summed E-state index contributed by atoms with van der Waals surface area (Å²) in [5.74, 6) is -0.0584. The average Bonchev–Trinajstić information content (AvgIpc) is 3.84. The van der Waals surface area contributed by atoms with Gasteiger partial charge in [0.15, 0.2) is 10.7 Å². The second-order valence-corrected chi connectivity index (χ2v) is 11.6. The van der Waals surface area contributed by atoms with Gasteiger partial charge in [-0.1, -0.05) is 164 Å². The van der Waals surface area contributed by atoms with Crippen molar-refractivity contribution in [3.8, 4) is 22.5 Å². The molecule has 0 aliphatic carbocycles. The highest BCUT2D eigenvalue weighted by Gasteiger charge is 2.41. The van der Waals surface area contributed by atoms with E-state index in [1.807, 2.05) is 127 Å². The summed E-state index contributed by atoms with van der Waals surface area (Å²) in [4.78, 5) is 5.68. The van der Waals surface area contributed by atoms with Gasteiger partial charge in [-0.3, -0.25) is 0 Å². The van der Waals surface area contributed by atoms with Gasteiger partial charge in [0.25, 0.3) is 0 Å². The molecule has 2 aromatic heterocycles. The largest absolute Gasteiger partial charge is 0.390 e. The number of nitrogens with zero attached hydrogens (tertiary/aromatic N) is 6. The van der Waals surface area contributed by atoms with Gasteiger partial charge in [-0.2, -0.15) is 0 Å². The molecule has 7 nitrogen and oxygen atoms in total. The molecular weight excluding hydrogens is 628 g/mol. The molecule has 1 N–H and O–H groups in total. The van der Waals surface area contributed by atoms with Crippen LogP contribution in [0.3, 0.4) is 0 Å². The lowest BCUT2D eigenvalue weighted by molar-refractivity contribution is 0.271. The van der Waals surface area contributed by atoms with Gasteiger partial charge in [-0.05, 0) is 45.0 Å². The first-order chi connectivity index (χ1) is 27.6. The van der Waals surface area contributed by atoms with E-state index in [0.29, 0.717) is 17.0 Å². The lowest BCUT2D eigenvalue weighted by Gasteiger charge is -2.34. The van der Waals surface area contributed by atoms with Crippen LogP contribution in [-0.2, 0) is 25.1 Å². The molecule has 0 radical (unpaired) electrons. The van der Waals surface area contributed by atoms with Crippen molar-refractivity contribution in [1.82, 2.24) is 29.8 Å². The minimum absolute atomic E-state index is 0.152. The third-order valence-corrected chi connectivity index (χ3v) is 8.73. The number of hydrogen-bond donors (Lipinski definition) is 1. The van der Waals surface area contributed by atoms with Gasteiger partial charge in [0, 0.05) is 29.5 Å². The molecule has 2 atom stereocenters. The Hall–Kier alpha value is -5.37. The van der Waals surface area contributed by atoms with Crippen LogP contribution in [0.5, 0.6) is 0 Å². The summed E-state index contributed by atoms with van der Waals surface area (Å²) in [7, 11) is 0. The van der Waals surface area contributed by atoms with Crippen molar-refractivity contribution in [2.45, 2.75) is 44.7 Å². The highest BCUT2D eigenvalue weighted by Crippen LogP contribution is 2.40. The predicted octanol–water partition coefficient (Wildman–Crippen LogP) is 8.58. The van der Waals surface area contributed by atoms with Gasteiger partial charge in [-0.15, -0.1) is 15.0 Å². The van der Waals surface area contributed by atoms with Gasteiger partial charge in [0.1, 0.15) is 5.82 Å². The third-order valence-electron chi connectivity index (χ3n) is 8.45. The normalized spacial score (nSPS) is 16.4. The Kier molecular flexibility index (Phi) is 6.78. The van der Waals surface area contributed by atoms with Gasteiger partial charge in [0.05, 0.1) is 13.6 Å². The minimum atomic E-state index is -3.45. The Bertz CT molecular complexity index is 2400. The Labute approximate surface area is 304 Å². The second-order valence-electron chi connectivity index (χ2n) is 11.2. The number of aromatic nitrogens is 6. The summed E-state index contributed by atoms with van der Waals surface area (Å²) in [6.07, 6.45) is -8.91. The molecule has 2 heterocycles. The van der Waals surface area contributed by atoms with Crippen molar-refractivity contribution in [3.63, 3.8) is 0 Å². The van der Waals surface area contributed by atoms with Crippen LogP contribution in [0.1, 0.15) is 65.7 Å². The number of aliphatic hydroxyl groups is 1. The predicted molar refractivity (Wildman–Crippen MR) is 194 cm³/mol. The lowest BCUT2D eigenvalue weighted by atomic mass is 9.77. The maximum Gasteiger partial charge on any atom is 0.205 e. The number of aryl methyl sites for hydroxylation is 1. The molecule has 0 saturated heterocycles. The number of aliphatic hydroxyl groups excluding tert-OH is 1. The summed E-state index contributed by atoms with van der Waals surface area (Å²) in [5, 5.41) is 24.3.